The minimum atomic E-state index is -1.29. The van der Waals surface area contributed by atoms with E-state index in [2.05, 4.69) is 40.2 Å². The fraction of sp³-hybridized carbons (Fsp3) is 0.484. The van der Waals surface area contributed by atoms with Crippen LogP contribution in [-0.4, -0.2) is 56.2 Å². The molecule has 2 aromatic rings. The second-order valence-electron chi connectivity index (χ2n) is 10.5. The van der Waals surface area contributed by atoms with Gasteiger partial charge in [0.05, 0.1) is 6.61 Å². The molecule has 1 atom stereocenters. The van der Waals surface area contributed by atoms with E-state index in [1.807, 2.05) is 24.3 Å². The number of ether oxygens (including phenoxy) is 2. The zero-order valence-electron chi connectivity index (χ0n) is 23.9. The molecule has 3 N–H and O–H groups in total. The summed E-state index contributed by atoms with van der Waals surface area (Å²) in [4.78, 5) is 48.5. The summed E-state index contributed by atoms with van der Waals surface area (Å²) in [5.41, 5.74) is 3.41. The first kappa shape index (κ1) is 30.7. The lowest BCUT2D eigenvalue weighted by Crippen LogP contribution is -2.45. The van der Waals surface area contributed by atoms with Gasteiger partial charge >= 0.3 is 12.1 Å². The van der Waals surface area contributed by atoms with Crippen molar-refractivity contribution >= 4 is 23.9 Å². The van der Waals surface area contributed by atoms with E-state index >= 15 is 0 Å². The summed E-state index contributed by atoms with van der Waals surface area (Å²) in [6.07, 6.45) is 2.22. The molecule has 0 heterocycles. The van der Waals surface area contributed by atoms with Crippen LogP contribution < -0.4 is 16.0 Å². The van der Waals surface area contributed by atoms with Crippen LogP contribution in [0.4, 0.5) is 4.79 Å². The quantitative estimate of drug-likeness (QED) is 0.183. The summed E-state index contributed by atoms with van der Waals surface area (Å²) >= 11 is 0. The third kappa shape index (κ3) is 8.07. The predicted molar refractivity (Wildman–Crippen MR) is 153 cm³/mol. The molecule has 0 saturated heterocycles. The predicted octanol–water partition coefficient (Wildman–Crippen LogP) is 4.30. The van der Waals surface area contributed by atoms with E-state index in [0.29, 0.717) is 32.4 Å². The summed E-state index contributed by atoms with van der Waals surface area (Å²) in [5.74, 6) is -1.13. The second kappa shape index (κ2) is 14.5. The Labute approximate surface area is 236 Å². The SMILES string of the molecule is CCOC(=O)C(C)(C)C(=O)NCC[C@H](CCCCNC(=O)OCC1c2ccccc2-c2ccccc21)NC(C)=O. The Balaban J connectivity index is 1.37. The van der Waals surface area contributed by atoms with Gasteiger partial charge in [0.15, 0.2) is 0 Å². The third-order valence-corrected chi connectivity index (χ3v) is 7.13. The van der Waals surface area contributed by atoms with E-state index in [1.165, 1.54) is 43.0 Å². The lowest BCUT2D eigenvalue weighted by Gasteiger charge is -2.23. The first-order valence-electron chi connectivity index (χ1n) is 14.0. The first-order valence-corrected chi connectivity index (χ1v) is 14.0. The van der Waals surface area contributed by atoms with E-state index in [1.54, 1.807) is 6.92 Å². The van der Waals surface area contributed by atoms with Gasteiger partial charge < -0.3 is 25.4 Å². The van der Waals surface area contributed by atoms with Gasteiger partial charge in [-0.1, -0.05) is 48.5 Å². The minimum absolute atomic E-state index is 0.0138. The van der Waals surface area contributed by atoms with Crippen molar-refractivity contribution in [3.8, 4) is 11.1 Å². The Hall–Kier alpha value is -3.88. The van der Waals surface area contributed by atoms with E-state index in [4.69, 9.17) is 9.47 Å². The van der Waals surface area contributed by atoms with Gasteiger partial charge in [0.2, 0.25) is 11.8 Å². The van der Waals surface area contributed by atoms with Gasteiger partial charge in [-0.3, -0.25) is 14.4 Å². The van der Waals surface area contributed by atoms with Gasteiger partial charge in [0, 0.05) is 32.0 Å². The van der Waals surface area contributed by atoms with Crippen molar-refractivity contribution in [3.63, 3.8) is 0 Å². The number of alkyl carbamates (subject to hydrolysis) is 1. The highest BCUT2D eigenvalue weighted by Gasteiger charge is 2.37. The molecule has 0 fully saturated rings. The molecule has 0 spiro atoms. The lowest BCUT2D eigenvalue weighted by molar-refractivity contribution is -0.158. The van der Waals surface area contributed by atoms with Crippen LogP contribution in [0.25, 0.3) is 11.1 Å². The maximum Gasteiger partial charge on any atom is 0.407 e. The van der Waals surface area contributed by atoms with Crippen LogP contribution in [0, 0.1) is 5.41 Å². The van der Waals surface area contributed by atoms with E-state index in [9.17, 15) is 19.2 Å². The molecular weight excluding hydrogens is 510 g/mol. The molecule has 1 aliphatic carbocycles. The molecular formula is C31H41N3O6. The molecule has 3 amide bonds. The van der Waals surface area contributed by atoms with Crippen molar-refractivity contribution in [2.24, 2.45) is 5.41 Å². The fourth-order valence-electron chi connectivity index (χ4n) is 4.92. The number of esters is 1. The fourth-order valence-corrected chi connectivity index (χ4v) is 4.92. The molecule has 0 bridgehead atoms. The van der Waals surface area contributed by atoms with Crippen molar-refractivity contribution in [3.05, 3.63) is 59.7 Å². The highest BCUT2D eigenvalue weighted by Crippen LogP contribution is 2.44. The van der Waals surface area contributed by atoms with Crippen LogP contribution in [-0.2, 0) is 23.9 Å². The van der Waals surface area contributed by atoms with Gasteiger partial charge in [-0.15, -0.1) is 0 Å². The standard InChI is InChI=1S/C31H41N3O6/c1-5-39-29(37)31(3,4)28(36)32-19-17-22(34-21(2)35)12-10-11-18-33-30(38)40-20-27-25-15-8-6-13-23(25)24-14-7-9-16-26(24)27/h6-9,13-16,22,27H,5,10-12,17-20H2,1-4H3,(H,32,36)(H,33,38)(H,34,35)/t22-/m0/s1. The molecule has 0 unspecified atom stereocenters. The normalized spacial score (nSPS) is 13.0. The van der Waals surface area contributed by atoms with E-state index < -0.39 is 23.4 Å². The van der Waals surface area contributed by atoms with Crippen molar-refractivity contribution in [1.29, 1.82) is 0 Å². The largest absolute Gasteiger partial charge is 0.465 e. The summed E-state index contributed by atoms with van der Waals surface area (Å²) in [7, 11) is 0. The maximum atomic E-state index is 12.5. The molecule has 216 valence electrons. The topological polar surface area (TPSA) is 123 Å². The van der Waals surface area contributed by atoms with Crippen molar-refractivity contribution in [1.82, 2.24) is 16.0 Å². The number of benzene rings is 2. The smallest absolute Gasteiger partial charge is 0.407 e. The van der Waals surface area contributed by atoms with E-state index in [0.717, 1.165) is 6.42 Å². The van der Waals surface area contributed by atoms with Gasteiger partial charge in [-0.25, -0.2) is 4.79 Å². The zero-order valence-corrected chi connectivity index (χ0v) is 23.9. The van der Waals surface area contributed by atoms with Crippen LogP contribution in [0.3, 0.4) is 0 Å². The van der Waals surface area contributed by atoms with Crippen LogP contribution in [0.15, 0.2) is 48.5 Å². The van der Waals surface area contributed by atoms with Gasteiger partial charge in [-0.2, -0.15) is 0 Å². The number of amides is 3. The number of unbranched alkanes of at least 4 members (excludes halogenated alkanes) is 1. The van der Waals surface area contributed by atoms with Crippen molar-refractivity contribution in [2.75, 3.05) is 26.3 Å². The highest BCUT2D eigenvalue weighted by molar-refractivity contribution is 6.01. The summed E-state index contributed by atoms with van der Waals surface area (Å²) < 4.78 is 10.5. The molecule has 2 aromatic carbocycles. The van der Waals surface area contributed by atoms with Gasteiger partial charge in [0.25, 0.3) is 0 Å². The molecule has 9 heteroatoms. The Morgan fingerprint density at radius 1 is 0.850 bits per heavy atom. The molecule has 0 aromatic heterocycles. The Morgan fingerprint density at radius 3 is 2.08 bits per heavy atom. The number of carbonyl (C=O) groups excluding carboxylic acids is 4. The van der Waals surface area contributed by atoms with Crippen LogP contribution >= 0.6 is 0 Å². The van der Waals surface area contributed by atoms with E-state index in [-0.39, 0.29) is 31.1 Å². The van der Waals surface area contributed by atoms with Crippen LogP contribution in [0.1, 0.15) is 70.4 Å². The average molecular weight is 552 g/mol. The van der Waals surface area contributed by atoms with Crippen molar-refractivity contribution < 1.29 is 28.7 Å². The lowest BCUT2D eigenvalue weighted by atomic mass is 9.92. The molecule has 9 nitrogen and oxygen atoms in total. The Bertz CT molecular complexity index is 1150. The average Bonchev–Trinajstić information content (AvgIpc) is 3.24. The molecule has 3 rings (SSSR count). The van der Waals surface area contributed by atoms with Crippen molar-refractivity contribution in [2.45, 2.75) is 65.3 Å². The monoisotopic (exact) mass is 551 g/mol. The van der Waals surface area contributed by atoms with Gasteiger partial charge in [0.1, 0.15) is 12.0 Å². The molecule has 0 saturated carbocycles. The summed E-state index contributed by atoms with van der Waals surface area (Å²) in [6.45, 7) is 7.42. The molecule has 0 radical (unpaired) electrons. The second-order valence-corrected chi connectivity index (χ2v) is 10.5. The number of nitrogens with one attached hydrogen (secondary N) is 3. The zero-order chi connectivity index (χ0) is 29.1. The molecule has 40 heavy (non-hydrogen) atoms. The summed E-state index contributed by atoms with van der Waals surface area (Å²) in [5, 5.41) is 8.49. The third-order valence-electron chi connectivity index (χ3n) is 7.13. The Morgan fingerprint density at radius 2 is 1.48 bits per heavy atom. The number of rotatable bonds is 14. The summed E-state index contributed by atoms with van der Waals surface area (Å²) in [6, 6.07) is 16.3. The molecule has 0 aliphatic heterocycles. The number of hydrogen-bond acceptors (Lipinski definition) is 6. The molecule has 1 aliphatic rings. The Kier molecular flexibility index (Phi) is 11.1. The minimum Gasteiger partial charge on any atom is -0.465 e. The van der Waals surface area contributed by atoms with Crippen LogP contribution in [0.5, 0.6) is 0 Å². The first-order chi connectivity index (χ1) is 19.1. The highest BCUT2D eigenvalue weighted by atomic mass is 16.5. The number of fused-ring (bicyclic) bond motifs is 3. The number of carbonyl (C=O) groups is 4. The number of hydrogen-bond donors (Lipinski definition) is 3. The van der Waals surface area contributed by atoms with Gasteiger partial charge in [-0.05, 0) is 68.7 Å². The maximum absolute atomic E-state index is 12.5. The van der Waals surface area contributed by atoms with Crippen LogP contribution in [0.2, 0.25) is 0 Å².